The Labute approximate surface area is 151 Å². The molecule has 0 saturated heterocycles. The fraction of sp³-hybridized carbons (Fsp3) is 0.409. The van der Waals surface area contributed by atoms with Crippen LogP contribution in [0.3, 0.4) is 0 Å². The molecule has 0 aliphatic carbocycles. The molecule has 0 N–H and O–H groups in total. The minimum absolute atomic E-state index is 0.0464. The molecule has 2 rings (SSSR count). The summed E-state index contributed by atoms with van der Waals surface area (Å²) in [6, 6.07) is 18.4. The number of esters is 1. The molecule has 0 aliphatic rings. The van der Waals surface area contributed by atoms with Gasteiger partial charge in [-0.2, -0.15) is 0 Å². The lowest BCUT2D eigenvalue weighted by atomic mass is 9.93. The highest BCUT2D eigenvalue weighted by Crippen LogP contribution is 2.21. The lowest BCUT2D eigenvalue weighted by Gasteiger charge is -2.16. The van der Waals surface area contributed by atoms with Gasteiger partial charge in [-0.1, -0.05) is 42.5 Å². The maximum Gasteiger partial charge on any atom is 0.308 e. The first-order chi connectivity index (χ1) is 12.2. The van der Waals surface area contributed by atoms with Gasteiger partial charge in [0.1, 0.15) is 5.75 Å². The standard InChI is InChI=1S/C22H28O3/c1-3-25-22(23)20(13-7-11-18-9-5-4-6-10-18)16-15-19-12-8-14-21(17-19)24-2/h4-6,8-10,12,14,17,20H,3,7,11,13,15-16H2,1-2H3. The highest BCUT2D eigenvalue weighted by Gasteiger charge is 2.19. The number of hydrogen-bond acceptors (Lipinski definition) is 3. The van der Waals surface area contributed by atoms with Gasteiger partial charge in [-0.25, -0.2) is 0 Å². The van der Waals surface area contributed by atoms with Crippen molar-refractivity contribution in [2.24, 2.45) is 5.92 Å². The Balaban J connectivity index is 1.89. The van der Waals surface area contributed by atoms with Crippen molar-refractivity contribution >= 4 is 5.97 Å². The first-order valence-electron chi connectivity index (χ1n) is 9.06. The summed E-state index contributed by atoms with van der Waals surface area (Å²) in [6.45, 7) is 2.30. The first kappa shape index (κ1) is 19.0. The predicted octanol–water partition coefficient (Wildman–Crippen LogP) is 4.83. The fourth-order valence-electron chi connectivity index (χ4n) is 3.01. The van der Waals surface area contributed by atoms with Crippen LogP contribution in [0.2, 0.25) is 0 Å². The molecule has 3 nitrogen and oxygen atoms in total. The minimum Gasteiger partial charge on any atom is -0.497 e. The molecule has 3 heteroatoms. The van der Waals surface area contributed by atoms with Crippen molar-refractivity contribution in [3.8, 4) is 5.75 Å². The maximum atomic E-state index is 12.3. The second-order valence-electron chi connectivity index (χ2n) is 6.22. The van der Waals surface area contributed by atoms with Gasteiger partial charge in [0.15, 0.2) is 0 Å². The Morgan fingerprint density at radius 3 is 2.44 bits per heavy atom. The van der Waals surface area contributed by atoms with Gasteiger partial charge in [0, 0.05) is 0 Å². The zero-order chi connectivity index (χ0) is 17.9. The van der Waals surface area contributed by atoms with Gasteiger partial charge < -0.3 is 9.47 Å². The third-order valence-corrected chi connectivity index (χ3v) is 4.40. The zero-order valence-corrected chi connectivity index (χ0v) is 15.2. The monoisotopic (exact) mass is 340 g/mol. The third-order valence-electron chi connectivity index (χ3n) is 4.40. The van der Waals surface area contributed by atoms with Crippen LogP contribution in [0.4, 0.5) is 0 Å². The number of aryl methyl sites for hydroxylation is 2. The molecule has 0 aromatic heterocycles. The van der Waals surface area contributed by atoms with Crippen LogP contribution in [-0.4, -0.2) is 19.7 Å². The van der Waals surface area contributed by atoms with E-state index in [4.69, 9.17) is 9.47 Å². The second kappa shape index (κ2) is 10.5. The van der Waals surface area contributed by atoms with Crippen LogP contribution in [0, 0.1) is 5.92 Å². The van der Waals surface area contributed by atoms with Crippen LogP contribution in [0.5, 0.6) is 5.75 Å². The number of rotatable bonds is 10. The van der Waals surface area contributed by atoms with Crippen LogP contribution in [0.25, 0.3) is 0 Å². The molecule has 134 valence electrons. The Kier molecular flexibility index (Phi) is 8.03. The SMILES string of the molecule is CCOC(=O)C(CCCc1ccccc1)CCc1cccc(OC)c1. The Hall–Kier alpha value is -2.29. The smallest absolute Gasteiger partial charge is 0.308 e. The van der Waals surface area contributed by atoms with Crippen molar-refractivity contribution < 1.29 is 14.3 Å². The van der Waals surface area contributed by atoms with Gasteiger partial charge in [0.05, 0.1) is 19.6 Å². The van der Waals surface area contributed by atoms with E-state index in [0.29, 0.717) is 6.61 Å². The van der Waals surface area contributed by atoms with Crippen LogP contribution in [0.15, 0.2) is 54.6 Å². The molecule has 1 unspecified atom stereocenters. The molecule has 0 radical (unpaired) electrons. The molecule has 0 heterocycles. The summed E-state index contributed by atoms with van der Waals surface area (Å²) >= 11 is 0. The number of carbonyl (C=O) groups excluding carboxylic acids is 1. The molecular formula is C22H28O3. The van der Waals surface area contributed by atoms with Gasteiger partial charge >= 0.3 is 5.97 Å². The van der Waals surface area contributed by atoms with Crippen molar-refractivity contribution in [2.75, 3.05) is 13.7 Å². The molecular weight excluding hydrogens is 312 g/mol. The highest BCUT2D eigenvalue weighted by atomic mass is 16.5. The van der Waals surface area contributed by atoms with Crippen LogP contribution >= 0.6 is 0 Å². The molecule has 2 aromatic carbocycles. The Bertz CT molecular complexity index is 637. The highest BCUT2D eigenvalue weighted by molar-refractivity contribution is 5.72. The summed E-state index contributed by atoms with van der Waals surface area (Å²) in [4.78, 5) is 12.3. The minimum atomic E-state index is -0.0709. The molecule has 0 bridgehead atoms. The van der Waals surface area contributed by atoms with Crippen molar-refractivity contribution in [3.63, 3.8) is 0 Å². The fourth-order valence-corrected chi connectivity index (χ4v) is 3.01. The lowest BCUT2D eigenvalue weighted by Crippen LogP contribution is -2.19. The molecule has 1 atom stereocenters. The molecule has 0 spiro atoms. The van der Waals surface area contributed by atoms with Crippen LogP contribution < -0.4 is 4.74 Å². The maximum absolute atomic E-state index is 12.3. The predicted molar refractivity (Wildman–Crippen MR) is 101 cm³/mol. The molecule has 0 fully saturated rings. The summed E-state index contributed by atoms with van der Waals surface area (Å²) in [7, 11) is 1.67. The Morgan fingerprint density at radius 1 is 0.960 bits per heavy atom. The van der Waals surface area contributed by atoms with E-state index in [1.807, 2.05) is 31.2 Å². The van der Waals surface area contributed by atoms with Crippen LogP contribution in [0.1, 0.15) is 37.3 Å². The van der Waals surface area contributed by atoms with E-state index in [9.17, 15) is 4.79 Å². The van der Waals surface area contributed by atoms with Crippen LogP contribution in [-0.2, 0) is 22.4 Å². The van der Waals surface area contributed by atoms with Gasteiger partial charge in [0.25, 0.3) is 0 Å². The van der Waals surface area contributed by atoms with Gasteiger partial charge in [-0.05, 0) is 62.3 Å². The van der Waals surface area contributed by atoms with E-state index >= 15 is 0 Å². The van der Waals surface area contributed by atoms with Crippen molar-refractivity contribution in [2.45, 2.75) is 39.0 Å². The first-order valence-corrected chi connectivity index (χ1v) is 9.06. The molecule has 0 saturated carbocycles. The Morgan fingerprint density at radius 2 is 1.72 bits per heavy atom. The summed E-state index contributed by atoms with van der Waals surface area (Å²) in [6.07, 6.45) is 4.51. The second-order valence-corrected chi connectivity index (χ2v) is 6.22. The number of benzene rings is 2. The summed E-state index contributed by atoms with van der Waals surface area (Å²) in [5.41, 5.74) is 2.51. The molecule has 25 heavy (non-hydrogen) atoms. The third kappa shape index (κ3) is 6.61. The lowest BCUT2D eigenvalue weighted by molar-refractivity contribution is -0.148. The van der Waals surface area contributed by atoms with Crippen molar-refractivity contribution in [1.29, 1.82) is 0 Å². The number of hydrogen-bond donors (Lipinski definition) is 0. The van der Waals surface area contributed by atoms with Gasteiger partial charge in [0.2, 0.25) is 0 Å². The summed E-state index contributed by atoms with van der Waals surface area (Å²) in [5, 5.41) is 0. The zero-order valence-electron chi connectivity index (χ0n) is 15.2. The number of carbonyl (C=O) groups is 1. The molecule has 0 amide bonds. The summed E-state index contributed by atoms with van der Waals surface area (Å²) < 4.78 is 10.5. The molecule has 0 aliphatic heterocycles. The number of ether oxygens (including phenoxy) is 2. The average molecular weight is 340 g/mol. The normalized spacial score (nSPS) is 11.8. The van der Waals surface area contributed by atoms with E-state index in [2.05, 4.69) is 30.3 Å². The van der Waals surface area contributed by atoms with Gasteiger partial charge in [-0.3, -0.25) is 4.79 Å². The van der Waals surface area contributed by atoms with E-state index in [1.165, 1.54) is 11.1 Å². The topological polar surface area (TPSA) is 35.5 Å². The largest absolute Gasteiger partial charge is 0.497 e. The van der Waals surface area contributed by atoms with E-state index in [-0.39, 0.29) is 11.9 Å². The quantitative estimate of drug-likeness (QED) is 0.581. The molecule has 2 aromatic rings. The average Bonchev–Trinajstić information content (AvgIpc) is 2.65. The van der Waals surface area contributed by atoms with Crippen molar-refractivity contribution in [1.82, 2.24) is 0 Å². The number of methoxy groups -OCH3 is 1. The van der Waals surface area contributed by atoms with E-state index < -0.39 is 0 Å². The summed E-state index contributed by atoms with van der Waals surface area (Å²) in [5.74, 6) is 0.739. The van der Waals surface area contributed by atoms with Gasteiger partial charge in [-0.15, -0.1) is 0 Å². The van der Waals surface area contributed by atoms with E-state index in [0.717, 1.165) is 37.9 Å². The van der Waals surface area contributed by atoms with E-state index in [1.54, 1.807) is 7.11 Å². The van der Waals surface area contributed by atoms with Crippen molar-refractivity contribution in [3.05, 3.63) is 65.7 Å².